The number of hydrogen-bond donors (Lipinski definition) is 0. The zero-order chi connectivity index (χ0) is 11.4. The molecule has 0 unspecified atom stereocenters. The largest absolute Gasteiger partial charge is 0.385 e. The quantitative estimate of drug-likeness (QED) is 0.615. The van der Waals surface area contributed by atoms with Gasteiger partial charge in [-0.25, -0.2) is 0 Å². The maximum atomic E-state index is 4.85. The van der Waals surface area contributed by atoms with E-state index in [0.29, 0.717) is 0 Å². The number of rotatable bonds is 6. The average molecular weight is 202 g/mol. The lowest BCUT2D eigenvalue weighted by molar-refractivity contribution is 0.183. The maximum Gasteiger partial charge on any atom is 0.0464 e. The molecule has 0 saturated heterocycles. The highest BCUT2D eigenvalue weighted by molar-refractivity contribution is 4.42. The molecule has 0 radical (unpaired) electrons. The average Bonchev–Trinajstić information content (AvgIpc) is 2.12. The van der Waals surface area contributed by atoms with E-state index in [1.54, 1.807) is 7.11 Å². The first-order valence-electron chi connectivity index (χ1n) is 6.03. The van der Waals surface area contributed by atoms with Crippen molar-refractivity contribution in [1.29, 1.82) is 0 Å². The van der Waals surface area contributed by atoms with Crippen LogP contribution < -0.4 is 0 Å². The summed E-state index contributed by atoms with van der Waals surface area (Å²) in [5, 5.41) is 0. The predicted octanol–water partition coefficient (Wildman–Crippen LogP) is 4.51. The molecule has 88 valence electrons. The molecule has 0 bridgehead atoms. The van der Waals surface area contributed by atoms with Crippen molar-refractivity contribution in [3.63, 3.8) is 0 Å². The Labute approximate surface area is 91.2 Å². The molecule has 0 heterocycles. The molecular weight excluding hydrogens is 172 g/mol. The summed E-state index contributed by atoms with van der Waals surface area (Å²) < 4.78 is 4.85. The van der Waals surface area contributed by atoms with Gasteiger partial charge in [-0.2, -0.15) is 0 Å². The zero-order valence-electron chi connectivity index (χ0n) is 11.1. The third-order valence-electron chi connectivity index (χ3n) is 2.03. The third-order valence-corrected chi connectivity index (χ3v) is 2.03. The van der Waals surface area contributed by atoms with Gasteiger partial charge in [0.2, 0.25) is 0 Å². The first-order chi connectivity index (χ1) is 6.54. The molecule has 0 amide bonds. The summed E-state index contributed by atoms with van der Waals surface area (Å²) in [6, 6.07) is 0. The van der Waals surface area contributed by atoms with Crippen LogP contribution in [-0.2, 0) is 4.74 Å². The van der Waals surface area contributed by atoms with Crippen molar-refractivity contribution in [3.8, 4) is 0 Å². The van der Waals surface area contributed by atoms with E-state index in [-0.39, 0.29) is 0 Å². The fourth-order valence-electron chi connectivity index (χ4n) is 0.966. The lowest BCUT2D eigenvalue weighted by atomic mass is 10.1. The number of hydrogen-bond acceptors (Lipinski definition) is 1. The van der Waals surface area contributed by atoms with Crippen molar-refractivity contribution in [2.24, 2.45) is 11.8 Å². The predicted molar refractivity (Wildman–Crippen MR) is 65.7 cm³/mol. The van der Waals surface area contributed by atoms with Gasteiger partial charge in [0.15, 0.2) is 0 Å². The molecule has 0 atom stereocenters. The molecule has 0 aliphatic rings. The second kappa shape index (κ2) is 13.0. The van der Waals surface area contributed by atoms with Gasteiger partial charge in [-0.05, 0) is 18.3 Å². The summed E-state index contributed by atoms with van der Waals surface area (Å²) >= 11 is 0. The van der Waals surface area contributed by atoms with Crippen molar-refractivity contribution >= 4 is 0 Å². The van der Waals surface area contributed by atoms with Gasteiger partial charge >= 0.3 is 0 Å². The lowest BCUT2D eigenvalue weighted by Gasteiger charge is -1.99. The van der Waals surface area contributed by atoms with Crippen LogP contribution in [0.2, 0.25) is 0 Å². The Kier molecular flexibility index (Phi) is 15.2. The van der Waals surface area contributed by atoms with Gasteiger partial charge < -0.3 is 4.74 Å². The molecule has 0 aliphatic heterocycles. The van der Waals surface area contributed by atoms with Gasteiger partial charge in [-0.1, -0.05) is 53.9 Å². The molecule has 0 aliphatic carbocycles. The highest BCUT2D eigenvalue weighted by atomic mass is 16.5. The summed E-state index contributed by atoms with van der Waals surface area (Å²) in [6.45, 7) is 12.1. The van der Waals surface area contributed by atoms with Crippen LogP contribution in [0.1, 0.15) is 60.3 Å². The monoisotopic (exact) mass is 202 g/mol. The molecule has 1 heteroatoms. The Hall–Kier alpha value is -0.0400. The molecule has 14 heavy (non-hydrogen) atoms. The Morgan fingerprint density at radius 3 is 1.57 bits per heavy atom. The highest BCUT2D eigenvalue weighted by Crippen LogP contribution is 2.04. The first kappa shape index (κ1) is 16.4. The summed E-state index contributed by atoms with van der Waals surface area (Å²) in [4.78, 5) is 0. The highest BCUT2D eigenvalue weighted by Gasteiger charge is 1.89. The van der Waals surface area contributed by atoms with E-state index in [4.69, 9.17) is 4.74 Å². The Bertz CT molecular complexity index is 75.2. The van der Waals surface area contributed by atoms with Crippen LogP contribution in [0.4, 0.5) is 0 Å². The fourth-order valence-corrected chi connectivity index (χ4v) is 0.966. The smallest absolute Gasteiger partial charge is 0.0464 e. The van der Waals surface area contributed by atoms with Crippen molar-refractivity contribution in [1.82, 2.24) is 0 Å². The minimum absolute atomic E-state index is 0.778. The van der Waals surface area contributed by atoms with Crippen LogP contribution in [0, 0.1) is 11.8 Å². The normalized spacial score (nSPS) is 10.3. The van der Waals surface area contributed by atoms with Crippen molar-refractivity contribution < 1.29 is 4.74 Å². The molecule has 0 N–H and O–H groups in total. The summed E-state index contributed by atoms with van der Waals surface area (Å²) in [7, 11) is 1.74. The molecular formula is C13H30O. The van der Waals surface area contributed by atoms with Crippen molar-refractivity contribution in [2.75, 3.05) is 13.7 Å². The lowest BCUT2D eigenvalue weighted by Crippen LogP contribution is -1.93. The molecule has 1 nitrogen and oxygen atoms in total. The van der Waals surface area contributed by atoms with Gasteiger partial charge in [0.25, 0.3) is 0 Å². The van der Waals surface area contributed by atoms with Gasteiger partial charge in [0, 0.05) is 13.7 Å². The minimum Gasteiger partial charge on any atom is -0.385 e. The van der Waals surface area contributed by atoms with Crippen LogP contribution >= 0.6 is 0 Å². The van der Waals surface area contributed by atoms with Gasteiger partial charge in [0.1, 0.15) is 0 Å². The summed E-state index contributed by atoms with van der Waals surface area (Å²) in [6.07, 6.45) is 5.32. The van der Waals surface area contributed by atoms with E-state index in [1.165, 1.54) is 25.7 Å². The Morgan fingerprint density at radius 1 is 0.929 bits per heavy atom. The number of unbranched alkanes of at least 4 members (excludes halogenated alkanes) is 1. The fraction of sp³-hybridized carbons (Fsp3) is 1.00. The van der Waals surface area contributed by atoms with E-state index >= 15 is 0 Å². The second-order valence-electron chi connectivity index (χ2n) is 4.71. The summed E-state index contributed by atoms with van der Waals surface area (Å²) in [5.74, 6) is 1.68. The Morgan fingerprint density at radius 2 is 1.43 bits per heavy atom. The van der Waals surface area contributed by atoms with Gasteiger partial charge in [-0.15, -0.1) is 0 Å². The zero-order valence-corrected chi connectivity index (χ0v) is 11.1. The summed E-state index contributed by atoms with van der Waals surface area (Å²) in [5.41, 5.74) is 0. The number of methoxy groups -OCH3 is 1. The van der Waals surface area contributed by atoms with E-state index in [2.05, 4.69) is 34.6 Å². The molecule has 0 spiro atoms. The van der Waals surface area contributed by atoms with Crippen LogP contribution in [0.25, 0.3) is 0 Å². The van der Waals surface area contributed by atoms with Crippen LogP contribution in [0.3, 0.4) is 0 Å². The molecule has 0 saturated carbocycles. The van der Waals surface area contributed by atoms with Crippen molar-refractivity contribution in [2.45, 2.75) is 60.3 Å². The van der Waals surface area contributed by atoms with Gasteiger partial charge in [-0.3, -0.25) is 0 Å². The van der Waals surface area contributed by atoms with Crippen molar-refractivity contribution in [3.05, 3.63) is 0 Å². The molecule has 0 rings (SSSR count). The van der Waals surface area contributed by atoms with E-state index in [0.717, 1.165) is 18.4 Å². The Balaban J connectivity index is 0. The molecule has 0 aromatic heterocycles. The molecule has 0 fully saturated rings. The van der Waals surface area contributed by atoms with E-state index < -0.39 is 0 Å². The molecule has 0 aromatic carbocycles. The van der Waals surface area contributed by atoms with E-state index in [9.17, 15) is 0 Å². The SMILES string of the molecule is CCCCC(C)C.COCCC(C)C. The number of ether oxygens (including phenoxy) is 1. The van der Waals surface area contributed by atoms with Crippen LogP contribution in [-0.4, -0.2) is 13.7 Å². The maximum absolute atomic E-state index is 4.85. The van der Waals surface area contributed by atoms with Crippen LogP contribution in [0.15, 0.2) is 0 Å². The van der Waals surface area contributed by atoms with E-state index in [1.807, 2.05) is 0 Å². The van der Waals surface area contributed by atoms with Gasteiger partial charge in [0.05, 0.1) is 0 Å². The first-order valence-corrected chi connectivity index (χ1v) is 6.03. The van der Waals surface area contributed by atoms with Crippen LogP contribution in [0.5, 0.6) is 0 Å². The second-order valence-corrected chi connectivity index (χ2v) is 4.71. The molecule has 0 aromatic rings. The topological polar surface area (TPSA) is 9.23 Å². The third kappa shape index (κ3) is 22.7. The standard InChI is InChI=1S/C7H16.C6H14O/c1-4-5-6-7(2)3;1-6(2)4-5-7-3/h7H,4-6H2,1-3H3;6H,4-5H2,1-3H3. The minimum atomic E-state index is 0.778.